The van der Waals surface area contributed by atoms with Crippen LogP contribution in [0.4, 0.5) is 4.39 Å². The first-order valence-corrected chi connectivity index (χ1v) is 6.99. The molecular formula is C15H24FNO2. The van der Waals surface area contributed by atoms with Crippen LogP contribution >= 0.6 is 0 Å². The van der Waals surface area contributed by atoms with Crippen LogP contribution in [0.2, 0.25) is 0 Å². The summed E-state index contributed by atoms with van der Waals surface area (Å²) >= 11 is 0. The molecule has 1 aliphatic rings. The van der Waals surface area contributed by atoms with Crippen molar-refractivity contribution in [1.29, 1.82) is 0 Å². The second-order valence-electron chi connectivity index (χ2n) is 4.77. The van der Waals surface area contributed by atoms with Crippen LogP contribution in [0, 0.1) is 0 Å². The van der Waals surface area contributed by atoms with Crippen LogP contribution in [0.25, 0.3) is 0 Å². The maximum Gasteiger partial charge on any atom is 0.0894 e. The number of halogens is 1. The van der Waals surface area contributed by atoms with Gasteiger partial charge in [-0.05, 0) is 57.1 Å². The Morgan fingerprint density at radius 1 is 1.37 bits per heavy atom. The highest BCUT2D eigenvalue weighted by molar-refractivity contribution is 6.06. The van der Waals surface area contributed by atoms with Gasteiger partial charge in [0.2, 0.25) is 0 Å². The van der Waals surface area contributed by atoms with Crippen molar-refractivity contribution in [3.8, 4) is 0 Å². The van der Waals surface area contributed by atoms with Crippen molar-refractivity contribution < 1.29 is 14.3 Å². The van der Waals surface area contributed by atoms with E-state index < -0.39 is 0 Å². The molecule has 108 valence electrons. The van der Waals surface area contributed by atoms with E-state index in [9.17, 15) is 4.39 Å². The van der Waals surface area contributed by atoms with Gasteiger partial charge in [-0.2, -0.15) is 0 Å². The Hall–Kier alpha value is -1.16. The van der Waals surface area contributed by atoms with Gasteiger partial charge in [-0.15, -0.1) is 0 Å². The third-order valence-corrected chi connectivity index (χ3v) is 3.29. The van der Waals surface area contributed by atoms with E-state index in [2.05, 4.69) is 11.2 Å². The van der Waals surface area contributed by atoms with Crippen molar-refractivity contribution in [1.82, 2.24) is 0 Å². The zero-order chi connectivity index (χ0) is 14.1. The van der Waals surface area contributed by atoms with Crippen molar-refractivity contribution in [3.63, 3.8) is 0 Å². The third-order valence-electron chi connectivity index (χ3n) is 3.29. The van der Waals surface area contributed by atoms with Gasteiger partial charge in [0.05, 0.1) is 18.5 Å². The topological polar surface area (TPSA) is 41.8 Å². The minimum Gasteiger partial charge on any atom is -0.411 e. The lowest BCUT2D eigenvalue weighted by atomic mass is 10.1. The number of hydrogen-bond donors (Lipinski definition) is 1. The van der Waals surface area contributed by atoms with Gasteiger partial charge in [0, 0.05) is 6.61 Å². The summed E-state index contributed by atoms with van der Waals surface area (Å²) in [6.07, 6.45) is 8.18. The Morgan fingerprint density at radius 2 is 2.16 bits per heavy atom. The molecule has 19 heavy (non-hydrogen) atoms. The van der Waals surface area contributed by atoms with E-state index >= 15 is 0 Å². The molecule has 1 saturated carbocycles. The Bertz CT molecular complexity index is 361. The lowest BCUT2D eigenvalue weighted by molar-refractivity contribution is 0.0932. The van der Waals surface area contributed by atoms with Crippen molar-refractivity contribution in [2.24, 2.45) is 5.16 Å². The summed E-state index contributed by atoms with van der Waals surface area (Å²) in [5.74, 6) is 0. The summed E-state index contributed by atoms with van der Waals surface area (Å²) in [6, 6.07) is 0. The van der Waals surface area contributed by atoms with Gasteiger partial charge < -0.3 is 9.94 Å². The molecule has 0 saturated heterocycles. The second-order valence-corrected chi connectivity index (χ2v) is 4.77. The number of ether oxygens (including phenoxy) is 1. The smallest absolute Gasteiger partial charge is 0.0894 e. The number of alkyl halides is 1. The van der Waals surface area contributed by atoms with E-state index in [1.165, 1.54) is 5.57 Å². The van der Waals surface area contributed by atoms with Crippen LogP contribution in [-0.2, 0) is 4.74 Å². The fraction of sp³-hybridized carbons (Fsp3) is 0.667. The molecule has 0 amide bonds. The Labute approximate surface area is 114 Å². The van der Waals surface area contributed by atoms with E-state index in [0.29, 0.717) is 13.0 Å². The minimum absolute atomic E-state index is 0.0355. The van der Waals surface area contributed by atoms with E-state index in [0.717, 1.165) is 37.0 Å². The number of rotatable bonds is 7. The summed E-state index contributed by atoms with van der Waals surface area (Å²) < 4.78 is 17.6. The normalized spacial score (nSPS) is 23.6. The van der Waals surface area contributed by atoms with Gasteiger partial charge >= 0.3 is 0 Å². The van der Waals surface area contributed by atoms with Crippen molar-refractivity contribution in [2.45, 2.75) is 52.1 Å². The predicted molar refractivity (Wildman–Crippen MR) is 75.5 cm³/mol. The summed E-state index contributed by atoms with van der Waals surface area (Å²) in [7, 11) is 0. The van der Waals surface area contributed by atoms with Gasteiger partial charge in [-0.1, -0.05) is 17.3 Å². The zero-order valence-corrected chi connectivity index (χ0v) is 11.9. The average Bonchev–Trinajstić information content (AvgIpc) is 2.80. The molecule has 0 radical (unpaired) electrons. The third kappa shape index (κ3) is 5.15. The molecule has 0 aromatic heterocycles. The van der Waals surface area contributed by atoms with Crippen molar-refractivity contribution in [3.05, 3.63) is 23.3 Å². The van der Waals surface area contributed by atoms with Gasteiger partial charge in [0.1, 0.15) is 0 Å². The van der Waals surface area contributed by atoms with E-state index in [1.807, 2.05) is 19.9 Å². The maximum absolute atomic E-state index is 11.9. The standard InChI is InChI=1S/C15H24FNO2/c1-3-14-13(7-8-15(14)17-18)11-12(2)19-10-6-4-5-9-16/h3,11-12,18H,4-10H2,1-2H3/b13-11-,14-3+,17-15+. The monoisotopic (exact) mass is 269 g/mol. The van der Waals surface area contributed by atoms with Crippen LogP contribution in [0.15, 0.2) is 28.5 Å². The number of hydrogen-bond acceptors (Lipinski definition) is 3. The van der Waals surface area contributed by atoms with Crippen LogP contribution in [-0.4, -0.2) is 30.3 Å². The molecule has 0 heterocycles. The van der Waals surface area contributed by atoms with Crippen LogP contribution in [0.1, 0.15) is 46.0 Å². The molecule has 0 spiro atoms. The molecule has 1 fully saturated rings. The van der Waals surface area contributed by atoms with Crippen LogP contribution in [0.5, 0.6) is 0 Å². The maximum atomic E-state index is 11.9. The first kappa shape index (κ1) is 15.9. The van der Waals surface area contributed by atoms with Crippen molar-refractivity contribution >= 4 is 5.71 Å². The summed E-state index contributed by atoms with van der Waals surface area (Å²) in [5, 5.41) is 12.2. The number of oxime groups is 1. The van der Waals surface area contributed by atoms with E-state index in [4.69, 9.17) is 9.94 Å². The first-order valence-electron chi connectivity index (χ1n) is 6.99. The fourth-order valence-electron chi connectivity index (χ4n) is 2.31. The van der Waals surface area contributed by atoms with Crippen LogP contribution < -0.4 is 0 Å². The zero-order valence-electron chi connectivity index (χ0n) is 11.9. The summed E-state index contributed by atoms with van der Waals surface area (Å²) in [5.41, 5.74) is 2.96. The number of allylic oxidation sites excluding steroid dienone is 3. The molecule has 4 heteroatoms. The van der Waals surface area contributed by atoms with Gasteiger partial charge in [0.25, 0.3) is 0 Å². The highest BCUT2D eigenvalue weighted by Crippen LogP contribution is 2.28. The molecule has 0 aromatic carbocycles. The van der Waals surface area contributed by atoms with Gasteiger partial charge in [-0.3, -0.25) is 4.39 Å². The SMILES string of the molecule is C/C=C1C(=C/C(C)OCCCCCF)\CCC\1=N/O. The molecule has 0 bridgehead atoms. The second kappa shape index (κ2) is 8.86. The van der Waals surface area contributed by atoms with E-state index in [1.54, 1.807) is 0 Å². The summed E-state index contributed by atoms with van der Waals surface area (Å²) in [6.45, 7) is 4.37. The highest BCUT2D eigenvalue weighted by Gasteiger charge is 2.21. The molecule has 1 atom stereocenters. The fourth-order valence-corrected chi connectivity index (χ4v) is 2.31. The highest BCUT2D eigenvalue weighted by atomic mass is 19.1. The van der Waals surface area contributed by atoms with Crippen molar-refractivity contribution in [2.75, 3.05) is 13.3 Å². The average molecular weight is 269 g/mol. The largest absolute Gasteiger partial charge is 0.411 e. The predicted octanol–water partition coefficient (Wildman–Crippen LogP) is 4.03. The molecule has 1 N–H and O–H groups in total. The quantitative estimate of drug-likeness (QED) is 0.431. The molecule has 0 aliphatic heterocycles. The van der Waals surface area contributed by atoms with Crippen LogP contribution in [0.3, 0.4) is 0 Å². The van der Waals surface area contributed by atoms with Gasteiger partial charge in [0.15, 0.2) is 0 Å². The molecule has 1 rings (SSSR count). The lowest BCUT2D eigenvalue weighted by Crippen LogP contribution is -2.07. The molecular weight excluding hydrogens is 245 g/mol. The lowest BCUT2D eigenvalue weighted by Gasteiger charge is -2.10. The minimum atomic E-state index is -0.243. The Kier molecular flexibility index (Phi) is 7.41. The molecule has 0 aromatic rings. The molecule has 1 aliphatic carbocycles. The number of nitrogens with zero attached hydrogens (tertiary/aromatic N) is 1. The Balaban J connectivity index is 2.42. The van der Waals surface area contributed by atoms with E-state index in [-0.39, 0.29) is 12.8 Å². The first-order chi connectivity index (χ1) is 9.22. The Morgan fingerprint density at radius 3 is 2.79 bits per heavy atom. The van der Waals surface area contributed by atoms with Gasteiger partial charge in [-0.25, -0.2) is 0 Å². The number of unbranched alkanes of at least 4 members (excludes halogenated alkanes) is 2. The molecule has 3 nitrogen and oxygen atoms in total. The molecule has 1 unspecified atom stereocenters. The summed E-state index contributed by atoms with van der Waals surface area (Å²) in [4.78, 5) is 0.